The van der Waals surface area contributed by atoms with Gasteiger partial charge in [-0.1, -0.05) is 19.1 Å². The molecule has 2 atom stereocenters. The third-order valence-corrected chi connectivity index (χ3v) is 5.37. The number of rotatable bonds is 1. The zero-order valence-corrected chi connectivity index (χ0v) is 15.0. The fourth-order valence-electron chi connectivity index (χ4n) is 2.90. The Morgan fingerprint density at radius 3 is 2.57 bits per heavy atom. The fourth-order valence-corrected chi connectivity index (χ4v) is 4.17. The summed E-state index contributed by atoms with van der Waals surface area (Å²) in [6.45, 7) is 5.11. The van der Waals surface area contributed by atoms with Crippen LogP contribution in [0, 0.1) is 5.92 Å². The summed E-state index contributed by atoms with van der Waals surface area (Å²) in [6, 6.07) is 7.69. The van der Waals surface area contributed by atoms with Crippen molar-refractivity contribution >= 4 is 37.7 Å². The monoisotopic (exact) mass is 410 g/mol. The average Bonchev–Trinajstić information content (AvgIpc) is 2.46. The van der Waals surface area contributed by atoms with E-state index in [0.717, 1.165) is 27.0 Å². The van der Waals surface area contributed by atoms with Crippen LogP contribution in [0.5, 0.6) is 5.75 Å². The third-order valence-electron chi connectivity index (χ3n) is 3.98. The molecule has 21 heavy (non-hydrogen) atoms. The van der Waals surface area contributed by atoms with E-state index in [0.29, 0.717) is 11.7 Å². The first kappa shape index (κ1) is 14.9. The van der Waals surface area contributed by atoms with Crippen molar-refractivity contribution in [2.24, 2.45) is 10.9 Å². The molecular formula is C16H16Br2N2O. The highest BCUT2D eigenvalue weighted by Crippen LogP contribution is 2.42. The minimum atomic E-state index is 0.215. The van der Waals surface area contributed by atoms with Crippen LogP contribution in [-0.2, 0) is 0 Å². The fraction of sp³-hybridized carbons (Fsp3) is 0.312. The highest BCUT2D eigenvalue weighted by molar-refractivity contribution is 9.12. The number of phenolic OH excluding ortho intramolecular Hbond substituents is 1. The van der Waals surface area contributed by atoms with Crippen LogP contribution >= 0.6 is 31.9 Å². The van der Waals surface area contributed by atoms with Crippen LogP contribution in [-0.4, -0.2) is 22.4 Å². The van der Waals surface area contributed by atoms with Gasteiger partial charge in [0.25, 0.3) is 0 Å². The standard InChI is InChI=1S/C16H16Br2N2O/c1-9-8-19-16-14(18)7-13(17)10(2)20(16)15(9)11-3-5-12(21)6-4-11/h3-7,9,15,21H,8H2,1-2H3. The maximum atomic E-state index is 9.52. The molecule has 5 heteroatoms. The zero-order valence-electron chi connectivity index (χ0n) is 11.8. The van der Waals surface area contributed by atoms with E-state index in [9.17, 15) is 5.11 Å². The van der Waals surface area contributed by atoms with Crippen molar-refractivity contribution in [1.82, 2.24) is 4.90 Å². The number of aromatic hydroxyl groups is 1. The van der Waals surface area contributed by atoms with Gasteiger partial charge in [-0.15, -0.1) is 0 Å². The molecule has 0 amide bonds. The topological polar surface area (TPSA) is 35.8 Å². The highest BCUT2D eigenvalue weighted by atomic mass is 79.9. The third kappa shape index (κ3) is 2.57. The van der Waals surface area contributed by atoms with Crippen molar-refractivity contribution in [3.8, 4) is 5.75 Å². The largest absolute Gasteiger partial charge is 0.508 e. The quantitative estimate of drug-likeness (QED) is 0.726. The number of hydrogen-bond donors (Lipinski definition) is 1. The van der Waals surface area contributed by atoms with E-state index in [4.69, 9.17) is 4.99 Å². The number of amidine groups is 1. The Morgan fingerprint density at radius 1 is 1.24 bits per heavy atom. The summed E-state index contributed by atoms with van der Waals surface area (Å²) < 4.78 is 2.06. The van der Waals surface area contributed by atoms with Gasteiger partial charge in [0.1, 0.15) is 11.6 Å². The van der Waals surface area contributed by atoms with Crippen LogP contribution in [0.15, 0.2) is 50.0 Å². The van der Waals surface area contributed by atoms with Gasteiger partial charge in [0.15, 0.2) is 0 Å². The molecule has 3 rings (SSSR count). The Kier molecular flexibility index (Phi) is 3.97. The summed E-state index contributed by atoms with van der Waals surface area (Å²) in [5, 5.41) is 9.52. The Hall–Kier alpha value is -1.07. The molecule has 1 aromatic rings. The molecule has 0 bridgehead atoms. The summed E-state index contributed by atoms with van der Waals surface area (Å²) in [7, 11) is 0. The van der Waals surface area contributed by atoms with Gasteiger partial charge in [-0.2, -0.15) is 0 Å². The summed E-state index contributed by atoms with van der Waals surface area (Å²) in [4.78, 5) is 6.99. The number of allylic oxidation sites excluding steroid dienone is 3. The van der Waals surface area contributed by atoms with E-state index < -0.39 is 0 Å². The van der Waals surface area contributed by atoms with E-state index in [-0.39, 0.29) is 6.04 Å². The second-order valence-electron chi connectivity index (χ2n) is 5.47. The van der Waals surface area contributed by atoms with Gasteiger partial charge in [0, 0.05) is 22.6 Å². The average molecular weight is 412 g/mol. The molecule has 2 aliphatic rings. The molecule has 3 nitrogen and oxygen atoms in total. The molecule has 0 fully saturated rings. The predicted molar refractivity (Wildman–Crippen MR) is 92.8 cm³/mol. The molecule has 0 saturated heterocycles. The lowest BCUT2D eigenvalue weighted by molar-refractivity contribution is 0.269. The van der Waals surface area contributed by atoms with E-state index in [1.165, 1.54) is 5.56 Å². The molecule has 1 N–H and O–H groups in total. The van der Waals surface area contributed by atoms with Gasteiger partial charge >= 0.3 is 0 Å². The molecule has 0 radical (unpaired) electrons. The molecule has 2 heterocycles. The smallest absolute Gasteiger partial charge is 0.142 e. The van der Waals surface area contributed by atoms with Crippen LogP contribution in [0.4, 0.5) is 0 Å². The van der Waals surface area contributed by atoms with E-state index >= 15 is 0 Å². The van der Waals surface area contributed by atoms with Crippen molar-refractivity contribution in [2.75, 3.05) is 6.54 Å². The highest BCUT2D eigenvalue weighted by Gasteiger charge is 2.36. The van der Waals surface area contributed by atoms with E-state index in [1.54, 1.807) is 12.1 Å². The van der Waals surface area contributed by atoms with E-state index in [2.05, 4.69) is 56.7 Å². The Bertz CT molecular complexity index is 661. The number of phenols is 1. The lowest BCUT2D eigenvalue weighted by atomic mass is 9.90. The van der Waals surface area contributed by atoms with Crippen molar-refractivity contribution in [3.05, 3.63) is 50.6 Å². The first-order valence-electron chi connectivity index (χ1n) is 6.85. The molecule has 0 spiro atoms. The maximum absolute atomic E-state index is 9.52. The lowest BCUT2D eigenvalue weighted by Crippen LogP contribution is -2.43. The molecule has 2 unspecified atom stereocenters. The van der Waals surface area contributed by atoms with E-state index in [1.807, 2.05) is 12.1 Å². The zero-order chi connectivity index (χ0) is 15.1. The van der Waals surface area contributed by atoms with Gasteiger partial charge in [0.05, 0.1) is 10.5 Å². The van der Waals surface area contributed by atoms with Crippen LogP contribution in [0.1, 0.15) is 25.5 Å². The molecule has 0 aromatic heterocycles. The number of halogens is 2. The SMILES string of the molecule is CC1=C(Br)C=C(Br)C2=NCC(C)C(c3ccc(O)cc3)N21. The van der Waals surface area contributed by atoms with Gasteiger partial charge in [0.2, 0.25) is 0 Å². The number of fused-ring (bicyclic) bond motifs is 1. The van der Waals surface area contributed by atoms with Gasteiger partial charge in [-0.25, -0.2) is 0 Å². The number of benzene rings is 1. The van der Waals surface area contributed by atoms with Crippen molar-refractivity contribution in [2.45, 2.75) is 19.9 Å². The first-order chi connectivity index (χ1) is 9.99. The van der Waals surface area contributed by atoms with Crippen molar-refractivity contribution in [1.29, 1.82) is 0 Å². The van der Waals surface area contributed by atoms with Gasteiger partial charge < -0.3 is 10.0 Å². The minimum Gasteiger partial charge on any atom is -0.508 e. The molecule has 0 aliphatic carbocycles. The molecular weight excluding hydrogens is 396 g/mol. The summed E-state index contributed by atoms with van der Waals surface area (Å²) >= 11 is 7.24. The summed E-state index contributed by atoms with van der Waals surface area (Å²) in [5.41, 5.74) is 2.34. The van der Waals surface area contributed by atoms with Crippen LogP contribution in [0.2, 0.25) is 0 Å². The summed E-state index contributed by atoms with van der Waals surface area (Å²) in [6.07, 6.45) is 2.05. The second kappa shape index (κ2) is 5.61. The van der Waals surface area contributed by atoms with Crippen molar-refractivity contribution in [3.63, 3.8) is 0 Å². The normalized spacial score (nSPS) is 25.4. The van der Waals surface area contributed by atoms with Gasteiger partial charge in [-0.05, 0) is 62.6 Å². The molecule has 2 aliphatic heterocycles. The van der Waals surface area contributed by atoms with Crippen LogP contribution < -0.4 is 0 Å². The van der Waals surface area contributed by atoms with Crippen LogP contribution in [0.25, 0.3) is 0 Å². The Labute approximate surface area is 141 Å². The Morgan fingerprint density at radius 2 is 1.90 bits per heavy atom. The predicted octanol–water partition coefficient (Wildman–Crippen LogP) is 4.70. The maximum Gasteiger partial charge on any atom is 0.142 e. The number of hydrogen-bond acceptors (Lipinski definition) is 3. The van der Waals surface area contributed by atoms with Crippen LogP contribution in [0.3, 0.4) is 0 Å². The minimum absolute atomic E-state index is 0.215. The number of nitrogens with zero attached hydrogens (tertiary/aromatic N) is 2. The van der Waals surface area contributed by atoms with Gasteiger partial charge in [-0.3, -0.25) is 4.99 Å². The Balaban J connectivity index is 2.10. The molecule has 0 saturated carbocycles. The molecule has 1 aromatic carbocycles. The summed E-state index contributed by atoms with van der Waals surface area (Å²) in [5.74, 6) is 1.67. The van der Waals surface area contributed by atoms with Crippen molar-refractivity contribution < 1.29 is 5.11 Å². The lowest BCUT2D eigenvalue weighted by Gasteiger charge is -2.43. The first-order valence-corrected chi connectivity index (χ1v) is 8.44. The number of aliphatic imine (C=N–C) groups is 1. The molecule has 110 valence electrons. The second-order valence-corrected chi connectivity index (χ2v) is 7.18.